The molecule has 4 rings (SSSR count). The van der Waals surface area contributed by atoms with E-state index in [0.29, 0.717) is 34.3 Å². The SMILES string of the molecule is CC1N=C2NC(Oc3cccc(NC(=N)N)c3)=NC(Oc3cc(C#N)ccc3N(C)C)=C2NC1=O. The van der Waals surface area contributed by atoms with Crippen LogP contribution in [0.15, 0.2) is 64.0 Å². The molecule has 178 valence electrons. The van der Waals surface area contributed by atoms with Crippen LogP contribution in [0.3, 0.4) is 0 Å². The number of fused-ring (bicyclic) bond motifs is 1. The molecule has 2 aliphatic heterocycles. The average Bonchev–Trinajstić information content (AvgIpc) is 2.80. The molecule has 0 fully saturated rings. The molecule has 1 atom stereocenters. The summed E-state index contributed by atoms with van der Waals surface area (Å²) in [5.41, 5.74) is 7.30. The highest BCUT2D eigenvalue weighted by molar-refractivity contribution is 6.14. The molecule has 0 radical (unpaired) electrons. The van der Waals surface area contributed by atoms with Gasteiger partial charge in [-0.25, -0.2) is 0 Å². The Morgan fingerprint density at radius 3 is 2.74 bits per heavy atom. The van der Waals surface area contributed by atoms with Crippen LogP contribution in [-0.2, 0) is 4.79 Å². The van der Waals surface area contributed by atoms with Crippen LogP contribution in [0.1, 0.15) is 12.5 Å². The second kappa shape index (κ2) is 9.44. The predicted octanol–water partition coefficient (Wildman–Crippen LogP) is 1.43. The van der Waals surface area contributed by atoms with Crippen LogP contribution in [0, 0.1) is 16.7 Å². The summed E-state index contributed by atoms with van der Waals surface area (Å²) in [6.45, 7) is 1.66. The molecule has 0 aromatic heterocycles. The van der Waals surface area contributed by atoms with Gasteiger partial charge in [-0.15, -0.1) is 0 Å². The third-order valence-corrected chi connectivity index (χ3v) is 4.93. The van der Waals surface area contributed by atoms with E-state index in [2.05, 4.69) is 32.0 Å². The number of amidine groups is 2. The van der Waals surface area contributed by atoms with Crippen LogP contribution in [0.2, 0.25) is 0 Å². The third kappa shape index (κ3) is 5.14. The fourth-order valence-electron chi connectivity index (χ4n) is 3.30. The van der Waals surface area contributed by atoms with Crippen molar-refractivity contribution < 1.29 is 14.3 Å². The number of anilines is 2. The first kappa shape index (κ1) is 23.1. The first-order chi connectivity index (χ1) is 16.7. The van der Waals surface area contributed by atoms with Gasteiger partial charge in [0, 0.05) is 31.9 Å². The lowest BCUT2D eigenvalue weighted by Gasteiger charge is -2.27. The second-order valence-electron chi connectivity index (χ2n) is 7.82. The van der Waals surface area contributed by atoms with E-state index in [-0.39, 0.29) is 29.5 Å². The predicted molar refractivity (Wildman–Crippen MR) is 131 cm³/mol. The highest BCUT2D eigenvalue weighted by atomic mass is 16.5. The molecule has 2 aliphatic rings. The topological polar surface area (TPSA) is 173 Å². The number of hydrogen-bond donors (Lipinski definition) is 5. The van der Waals surface area contributed by atoms with E-state index in [1.54, 1.807) is 49.4 Å². The maximum Gasteiger partial charge on any atom is 0.304 e. The van der Waals surface area contributed by atoms with E-state index in [0.717, 1.165) is 0 Å². The van der Waals surface area contributed by atoms with Gasteiger partial charge in [-0.1, -0.05) is 6.07 Å². The van der Waals surface area contributed by atoms with Gasteiger partial charge in [0.25, 0.3) is 5.88 Å². The number of nitrogens with two attached hydrogens (primary N) is 1. The Kier molecular flexibility index (Phi) is 6.23. The quantitative estimate of drug-likeness (QED) is 0.320. The largest absolute Gasteiger partial charge is 0.435 e. The summed E-state index contributed by atoms with van der Waals surface area (Å²) < 4.78 is 12.0. The van der Waals surface area contributed by atoms with Crippen molar-refractivity contribution in [1.29, 1.82) is 10.7 Å². The van der Waals surface area contributed by atoms with Crippen LogP contribution in [-0.4, -0.2) is 43.9 Å². The van der Waals surface area contributed by atoms with Gasteiger partial charge < -0.3 is 30.7 Å². The number of nitrogens with one attached hydrogen (secondary N) is 4. The molecule has 1 amide bonds. The van der Waals surface area contributed by atoms with Gasteiger partial charge in [0.2, 0.25) is 5.91 Å². The lowest BCUT2D eigenvalue weighted by Crippen LogP contribution is -2.50. The number of aliphatic imine (C=N–C) groups is 2. The smallest absolute Gasteiger partial charge is 0.304 e. The molecule has 12 nitrogen and oxygen atoms in total. The van der Waals surface area contributed by atoms with Crippen molar-refractivity contribution in [2.24, 2.45) is 15.7 Å². The Bertz CT molecular complexity index is 1340. The maximum atomic E-state index is 12.3. The number of hydrogen-bond acceptors (Lipinski definition) is 9. The van der Waals surface area contributed by atoms with Crippen molar-refractivity contribution in [3.05, 3.63) is 59.6 Å². The van der Waals surface area contributed by atoms with Crippen molar-refractivity contribution >= 4 is 35.1 Å². The van der Waals surface area contributed by atoms with E-state index in [1.807, 2.05) is 19.0 Å². The Morgan fingerprint density at radius 2 is 2.03 bits per heavy atom. The van der Waals surface area contributed by atoms with Crippen molar-refractivity contribution in [2.75, 3.05) is 24.3 Å². The minimum atomic E-state index is -0.635. The Balaban J connectivity index is 1.73. The third-order valence-electron chi connectivity index (χ3n) is 4.93. The monoisotopic (exact) mass is 473 g/mol. The molecule has 6 N–H and O–H groups in total. The molecule has 2 aromatic rings. The summed E-state index contributed by atoms with van der Waals surface area (Å²) in [5, 5.41) is 25.2. The normalized spacial score (nSPS) is 16.5. The van der Waals surface area contributed by atoms with Gasteiger partial charge in [-0.3, -0.25) is 20.5 Å². The number of amides is 1. The highest BCUT2D eigenvalue weighted by Gasteiger charge is 2.32. The van der Waals surface area contributed by atoms with Crippen molar-refractivity contribution in [3.63, 3.8) is 0 Å². The van der Waals surface area contributed by atoms with Crippen LogP contribution in [0.25, 0.3) is 0 Å². The fraction of sp³-hybridized carbons (Fsp3) is 0.174. The first-order valence-electron chi connectivity index (χ1n) is 10.5. The zero-order chi connectivity index (χ0) is 25.1. The summed E-state index contributed by atoms with van der Waals surface area (Å²) in [5.74, 6) is 0.594. The van der Waals surface area contributed by atoms with Crippen molar-refractivity contribution in [1.82, 2.24) is 10.6 Å². The number of guanidine groups is 1. The Labute approximate surface area is 201 Å². The zero-order valence-electron chi connectivity index (χ0n) is 19.2. The van der Waals surface area contributed by atoms with Gasteiger partial charge in [-0.05, 0) is 31.2 Å². The maximum absolute atomic E-state index is 12.3. The van der Waals surface area contributed by atoms with Gasteiger partial charge in [0.15, 0.2) is 17.5 Å². The number of rotatable bonds is 5. The molecule has 1 unspecified atom stereocenters. The Hall–Kier alpha value is -5.05. The lowest BCUT2D eigenvalue weighted by molar-refractivity contribution is -0.121. The van der Waals surface area contributed by atoms with Gasteiger partial charge in [0.05, 0.1) is 17.3 Å². The molecule has 2 heterocycles. The molecule has 0 saturated heterocycles. The number of carbonyl (C=O) groups is 1. The van der Waals surface area contributed by atoms with Gasteiger partial charge in [-0.2, -0.15) is 10.3 Å². The van der Waals surface area contributed by atoms with Crippen LogP contribution < -0.4 is 36.1 Å². The Morgan fingerprint density at radius 1 is 1.23 bits per heavy atom. The lowest BCUT2D eigenvalue weighted by atomic mass is 10.2. The molecule has 0 bridgehead atoms. The van der Waals surface area contributed by atoms with Crippen LogP contribution in [0.4, 0.5) is 11.4 Å². The van der Waals surface area contributed by atoms with E-state index in [9.17, 15) is 10.1 Å². The molecular formula is C23H23N9O3. The summed E-state index contributed by atoms with van der Waals surface area (Å²) in [7, 11) is 3.68. The molecular weight excluding hydrogens is 450 g/mol. The number of nitrogens with zero attached hydrogens (tertiary/aromatic N) is 4. The standard InChI is InChI=1S/C23H23N9O3/c1-12-20(33)29-18-19(27-12)30-23(34-15-6-4-5-14(10-15)28-22(25)26)31-21(18)35-17-9-13(11-24)7-8-16(17)32(2)3/h4-10,12H,1-3H3,(H,29,33)(H4,25,26,28)(H,27,30,31). The summed E-state index contributed by atoms with van der Waals surface area (Å²) >= 11 is 0. The average molecular weight is 473 g/mol. The van der Waals surface area contributed by atoms with Crippen molar-refractivity contribution in [3.8, 4) is 17.6 Å². The fourth-order valence-corrected chi connectivity index (χ4v) is 3.30. The number of carbonyl (C=O) groups excluding carboxylic acids is 1. The molecule has 12 heteroatoms. The molecule has 35 heavy (non-hydrogen) atoms. The first-order valence-corrected chi connectivity index (χ1v) is 10.5. The minimum Gasteiger partial charge on any atom is -0.435 e. The van der Waals surface area contributed by atoms with Gasteiger partial charge in [0.1, 0.15) is 17.5 Å². The van der Waals surface area contributed by atoms with Crippen LogP contribution >= 0.6 is 0 Å². The zero-order valence-corrected chi connectivity index (χ0v) is 19.2. The molecule has 0 spiro atoms. The summed E-state index contributed by atoms with van der Waals surface area (Å²) in [4.78, 5) is 23.0. The van der Waals surface area contributed by atoms with E-state index < -0.39 is 6.04 Å². The second-order valence-corrected chi connectivity index (χ2v) is 7.82. The van der Waals surface area contributed by atoms with E-state index >= 15 is 0 Å². The summed E-state index contributed by atoms with van der Waals surface area (Å²) in [6, 6.07) is 13.3. The molecule has 2 aromatic carbocycles. The number of nitriles is 1. The highest BCUT2D eigenvalue weighted by Crippen LogP contribution is 2.31. The molecule has 0 aliphatic carbocycles. The number of benzene rings is 2. The molecule has 0 saturated carbocycles. The number of ether oxygens (including phenoxy) is 2. The van der Waals surface area contributed by atoms with E-state index in [4.69, 9.17) is 20.6 Å². The van der Waals surface area contributed by atoms with E-state index in [1.165, 1.54) is 0 Å². The van der Waals surface area contributed by atoms with Crippen LogP contribution in [0.5, 0.6) is 11.5 Å². The van der Waals surface area contributed by atoms with Crippen molar-refractivity contribution in [2.45, 2.75) is 13.0 Å². The van der Waals surface area contributed by atoms with Gasteiger partial charge >= 0.3 is 6.02 Å². The summed E-state index contributed by atoms with van der Waals surface area (Å²) in [6.07, 6.45) is 0. The minimum absolute atomic E-state index is 0.0361.